The van der Waals surface area contributed by atoms with Crippen LogP contribution >= 0.6 is 0 Å². The van der Waals surface area contributed by atoms with E-state index in [1.54, 1.807) is 0 Å². The second-order valence-electron chi connectivity index (χ2n) is 8.42. The molecule has 1 aromatic heterocycles. The van der Waals surface area contributed by atoms with Crippen molar-refractivity contribution in [3.05, 3.63) is 23.7 Å². The van der Waals surface area contributed by atoms with Crippen molar-refractivity contribution in [3.8, 4) is 0 Å². The van der Waals surface area contributed by atoms with Crippen LogP contribution in [0.3, 0.4) is 0 Å². The first kappa shape index (κ1) is 16.1. The molecule has 0 saturated heterocycles. The van der Waals surface area contributed by atoms with E-state index in [2.05, 4.69) is 51.5 Å². The monoisotopic (exact) mass is 318 g/mol. The lowest BCUT2D eigenvalue weighted by Crippen LogP contribution is -2.25. The molecule has 2 aliphatic heterocycles. The molecule has 126 valence electrons. The maximum Gasteiger partial charge on any atom is 0.253 e. The lowest BCUT2D eigenvalue weighted by Gasteiger charge is -2.21. The van der Waals surface area contributed by atoms with Gasteiger partial charge in [-0.15, -0.1) is 0 Å². The highest BCUT2D eigenvalue weighted by molar-refractivity contribution is 5.96. The molecule has 0 aliphatic carbocycles. The molecule has 5 nitrogen and oxygen atoms in total. The Morgan fingerprint density at radius 1 is 0.783 bits per heavy atom. The Balaban J connectivity index is 1.78. The fraction of sp³-hybridized carbons (Fsp3) is 0.667. The van der Waals surface area contributed by atoms with Crippen LogP contribution in [0.25, 0.3) is 0 Å². The lowest BCUT2D eigenvalue weighted by atomic mass is 9.88. The fourth-order valence-electron chi connectivity index (χ4n) is 2.47. The van der Waals surface area contributed by atoms with E-state index < -0.39 is 0 Å². The van der Waals surface area contributed by atoms with E-state index in [0.717, 1.165) is 0 Å². The molecule has 3 rings (SSSR count). The van der Waals surface area contributed by atoms with Gasteiger partial charge in [-0.3, -0.25) is 0 Å². The molecule has 0 fully saturated rings. The lowest BCUT2D eigenvalue weighted by molar-refractivity contribution is 0.232. The number of aliphatic imine (C=N–C) groups is 2. The highest BCUT2D eigenvalue weighted by Crippen LogP contribution is 2.30. The Morgan fingerprint density at radius 2 is 1.17 bits per heavy atom. The topological polar surface area (TPSA) is 56.3 Å². The van der Waals surface area contributed by atoms with Crippen molar-refractivity contribution in [1.82, 2.24) is 0 Å². The van der Waals surface area contributed by atoms with Gasteiger partial charge < -0.3 is 13.9 Å². The Morgan fingerprint density at radius 3 is 1.48 bits per heavy atom. The predicted molar refractivity (Wildman–Crippen MR) is 90.2 cm³/mol. The highest BCUT2D eigenvalue weighted by atomic mass is 16.5. The van der Waals surface area contributed by atoms with Gasteiger partial charge in [-0.05, 0) is 23.0 Å². The minimum absolute atomic E-state index is 0.0791. The van der Waals surface area contributed by atoms with E-state index in [-0.39, 0.29) is 22.9 Å². The average Bonchev–Trinajstić information content (AvgIpc) is 3.17. The number of hydrogen-bond acceptors (Lipinski definition) is 5. The van der Waals surface area contributed by atoms with Gasteiger partial charge in [-0.2, -0.15) is 0 Å². The third-order valence-electron chi connectivity index (χ3n) is 4.33. The van der Waals surface area contributed by atoms with Crippen LogP contribution < -0.4 is 0 Å². The van der Waals surface area contributed by atoms with Crippen molar-refractivity contribution < 1.29 is 13.9 Å². The van der Waals surface area contributed by atoms with Crippen LogP contribution in [0.1, 0.15) is 53.1 Å². The van der Waals surface area contributed by atoms with Crippen LogP contribution in [-0.2, 0) is 9.47 Å². The third kappa shape index (κ3) is 3.28. The summed E-state index contributed by atoms with van der Waals surface area (Å²) in [5, 5.41) is 0. The number of hydrogen-bond donors (Lipinski definition) is 0. The van der Waals surface area contributed by atoms with Gasteiger partial charge in [-0.25, -0.2) is 9.98 Å². The number of furan rings is 1. The average molecular weight is 318 g/mol. The minimum Gasteiger partial charge on any atom is -0.473 e. The fourth-order valence-corrected chi connectivity index (χ4v) is 2.47. The molecule has 2 atom stereocenters. The molecule has 0 spiro atoms. The Bertz CT molecular complexity index is 589. The van der Waals surface area contributed by atoms with E-state index in [1.165, 1.54) is 0 Å². The summed E-state index contributed by atoms with van der Waals surface area (Å²) in [6.07, 6.45) is 0. The summed E-state index contributed by atoms with van der Waals surface area (Å²) in [6.45, 7) is 14.2. The summed E-state index contributed by atoms with van der Waals surface area (Å²) in [7, 11) is 0. The maximum atomic E-state index is 5.86. The summed E-state index contributed by atoms with van der Waals surface area (Å²) in [5.41, 5.74) is 0.158. The zero-order valence-electron chi connectivity index (χ0n) is 14.8. The van der Waals surface area contributed by atoms with E-state index >= 15 is 0 Å². The van der Waals surface area contributed by atoms with E-state index in [4.69, 9.17) is 13.9 Å². The van der Waals surface area contributed by atoms with E-state index in [9.17, 15) is 0 Å². The number of nitrogens with zero attached hydrogens (tertiary/aromatic N) is 2. The molecular formula is C18H26N2O3. The molecule has 0 bridgehead atoms. The molecule has 1 aromatic rings. The van der Waals surface area contributed by atoms with Crippen molar-refractivity contribution in [3.63, 3.8) is 0 Å². The van der Waals surface area contributed by atoms with Crippen molar-refractivity contribution in [1.29, 1.82) is 0 Å². The number of ether oxygens (including phenoxy) is 2. The standard InChI is InChI=1S/C18H26N2O3/c1-17(2,3)13-9-21-15(19-13)11-7-8-12(23-11)16-20-14(10-22-16)18(4,5)6/h7-8,13-14H,9-10H2,1-6H3/t13-,14-/m1/s1. The molecule has 2 aliphatic rings. The minimum atomic E-state index is 0.0791. The first-order valence-corrected chi connectivity index (χ1v) is 8.16. The second kappa shape index (κ2) is 5.39. The van der Waals surface area contributed by atoms with Crippen LogP contribution in [0.15, 0.2) is 26.5 Å². The van der Waals surface area contributed by atoms with Gasteiger partial charge in [0, 0.05) is 0 Å². The summed E-state index contributed by atoms with van der Waals surface area (Å²) in [4.78, 5) is 9.29. The third-order valence-corrected chi connectivity index (χ3v) is 4.33. The normalized spacial score (nSPS) is 25.0. The zero-order valence-corrected chi connectivity index (χ0v) is 14.8. The smallest absolute Gasteiger partial charge is 0.253 e. The van der Waals surface area contributed by atoms with Gasteiger partial charge in [0.15, 0.2) is 11.5 Å². The van der Waals surface area contributed by atoms with Crippen molar-refractivity contribution in [2.75, 3.05) is 13.2 Å². The summed E-state index contributed by atoms with van der Waals surface area (Å²) in [6, 6.07) is 4.04. The van der Waals surface area contributed by atoms with E-state index in [1.807, 2.05) is 12.1 Å². The molecule has 0 unspecified atom stereocenters. The van der Waals surface area contributed by atoms with Gasteiger partial charge in [-0.1, -0.05) is 41.5 Å². The van der Waals surface area contributed by atoms with Gasteiger partial charge in [0.2, 0.25) is 0 Å². The van der Waals surface area contributed by atoms with Crippen LogP contribution in [0.5, 0.6) is 0 Å². The molecule has 23 heavy (non-hydrogen) atoms. The van der Waals surface area contributed by atoms with Gasteiger partial charge in [0.05, 0.1) is 12.1 Å². The Hall–Kier alpha value is -1.78. The van der Waals surface area contributed by atoms with Crippen LogP contribution in [0, 0.1) is 10.8 Å². The maximum absolute atomic E-state index is 5.86. The van der Waals surface area contributed by atoms with Gasteiger partial charge >= 0.3 is 0 Å². The number of rotatable bonds is 2. The van der Waals surface area contributed by atoms with Crippen molar-refractivity contribution in [2.45, 2.75) is 53.6 Å². The zero-order chi connectivity index (χ0) is 16.8. The molecule has 0 N–H and O–H groups in total. The molecule has 0 aromatic carbocycles. The van der Waals surface area contributed by atoms with Gasteiger partial charge in [0.1, 0.15) is 13.2 Å². The summed E-state index contributed by atoms with van der Waals surface area (Å²) < 4.78 is 17.3. The quantitative estimate of drug-likeness (QED) is 0.836. The predicted octanol–water partition coefficient (Wildman–Crippen LogP) is 3.66. The second-order valence-corrected chi connectivity index (χ2v) is 8.42. The van der Waals surface area contributed by atoms with Crippen LogP contribution in [0.2, 0.25) is 0 Å². The molecule has 0 amide bonds. The van der Waals surface area contributed by atoms with Crippen molar-refractivity contribution >= 4 is 11.8 Å². The highest BCUT2D eigenvalue weighted by Gasteiger charge is 2.34. The SMILES string of the molecule is CC(C)(C)[C@H]1COC(c2ccc(C3=N[C@@H](C(C)(C)C)CO3)o2)=N1. The van der Waals surface area contributed by atoms with Gasteiger partial charge in [0.25, 0.3) is 11.8 Å². The van der Waals surface area contributed by atoms with Crippen LogP contribution in [-0.4, -0.2) is 37.1 Å². The largest absolute Gasteiger partial charge is 0.473 e. The molecule has 0 radical (unpaired) electrons. The van der Waals surface area contributed by atoms with E-state index in [0.29, 0.717) is 36.5 Å². The molecular weight excluding hydrogens is 292 g/mol. The van der Waals surface area contributed by atoms with Crippen molar-refractivity contribution in [2.24, 2.45) is 20.8 Å². The summed E-state index contributed by atoms with van der Waals surface area (Å²) in [5.74, 6) is 2.42. The molecule has 0 saturated carbocycles. The Kier molecular flexibility index (Phi) is 3.77. The molecule has 5 heteroatoms. The summed E-state index contributed by atoms with van der Waals surface area (Å²) >= 11 is 0. The Labute approximate surface area is 137 Å². The first-order valence-electron chi connectivity index (χ1n) is 8.16. The first-order chi connectivity index (χ1) is 10.6. The molecule has 3 heterocycles. The van der Waals surface area contributed by atoms with Crippen LogP contribution in [0.4, 0.5) is 0 Å².